The molecule has 4 nitrogen and oxygen atoms in total. The van der Waals surface area contributed by atoms with E-state index in [2.05, 4.69) is 47.7 Å². The number of nitrogens with one attached hydrogen (secondary N) is 1. The minimum absolute atomic E-state index is 0. The molecular weight excluding hydrogens is 433 g/mol. The summed E-state index contributed by atoms with van der Waals surface area (Å²) in [5.41, 5.74) is 7.27. The Kier molecular flexibility index (Phi) is 6.51. The smallest absolute Gasteiger partial charge is 0.189 e. The van der Waals surface area contributed by atoms with E-state index in [1.807, 2.05) is 18.2 Å². The lowest BCUT2D eigenvalue weighted by molar-refractivity contribution is 0.262. The molecule has 0 saturated carbocycles. The van der Waals surface area contributed by atoms with Crippen molar-refractivity contribution in [2.24, 2.45) is 10.7 Å². The average Bonchev–Trinajstić information content (AvgIpc) is 3.09. The Morgan fingerprint density at radius 1 is 1.33 bits per heavy atom. The summed E-state index contributed by atoms with van der Waals surface area (Å²) < 4.78 is 5.68. The van der Waals surface area contributed by atoms with E-state index in [1.54, 1.807) is 11.3 Å². The molecule has 0 aliphatic carbocycles. The molecule has 1 aromatic carbocycles. The SMILES string of the molecule is CC(C)(CN=C(N)NC1CCOc2ccccc21)c1cccs1.I. The van der Waals surface area contributed by atoms with Gasteiger partial charge < -0.3 is 15.8 Å². The van der Waals surface area contributed by atoms with Gasteiger partial charge in [0, 0.05) is 22.3 Å². The summed E-state index contributed by atoms with van der Waals surface area (Å²) in [4.78, 5) is 5.89. The van der Waals surface area contributed by atoms with Crippen LogP contribution < -0.4 is 15.8 Å². The Morgan fingerprint density at radius 3 is 2.88 bits per heavy atom. The van der Waals surface area contributed by atoms with Crippen molar-refractivity contribution in [3.05, 3.63) is 52.2 Å². The molecule has 3 rings (SSSR count). The summed E-state index contributed by atoms with van der Waals surface area (Å²) in [5, 5.41) is 5.44. The molecule has 0 saturated heterocycles. The lowest BCUT2D eigenvalue weighted by atomic mass is 9.92. The zero-order valence-electron chi connectivity index (χ0n) is 14.0. The largest absolute Gasteiger partial charge is 0.493 e. The molecule has 1 unspecified atom stereocenters. The van der Waals surface area contributed by atoms with Crippen LogP contribution in [0.4, 0.5) is 0 Å². The highest BCUT2D eigenvalue weighted by molar-refractivity contribution is 14.0. The van der Waals surface area contributed by atoms with Crippen LogP contribution >= 0.6 is 35.3 Å². The van der Waals surface area contributed by atoms with Crippen LogP contribution in [0.25, 0.3) is 0 Å². The molecule has 6 heteroatoms. The first-order valence-electron chi connectivity index (χ1n) is 7.88. The van der Waals surface area contributed by atoms with Gasteiger partial charge in [-0.05, 0) is 17.5 Å². The van der Waals surface area contributed by atoms with E-state index < -0.39 is 0 Å². The Hall–Kier alpha value is -1.28. The summed E-state index contributed by atoms with van der Waals surface area (Å²) in [5.74, 6) is 1.43. The standard InChI is InChI=1S/C18H23N3OS.HI/c1-18(2,16-8-5-11-23-16)12-20-17(19)21-14-9-10-22-15-7-4-3-6-13(14)15;/h3-8,11,14H,9-10,12H2,1-2H3,(H3,19,20,21);1H. The number of nitrogens with two attached hydrogens (primary N) is 1. The summed E-state index contributed by atoms with van der Waals surface area (Å²) in [6, 6.07) is 12.5. The molecular formula is C18H24IN3OS. The van der Waals surface area contributed by atoms with E-state index in [9.17, 15) is 0 Å². The zero-order chi connectivity index (χ0) is 16.3. The number of fused-ring (bicyclic) bond motifs is 1. The molecule has 1 aliphatic rings. The number of para-hydroxylation sites is 1. The predicted octanol–water partition coefficient (Wildman–Crippen LogP) is 4.07. The van der Waals surface area contributed by atoms with Gasteiger partial charge in [-0.1, -0.05) is 38.1 Å². The summed E-state index contributed by atoms with van der Waals surface area (Å²) in [7, 11) is 0. The molecule has 0 radical (unpaired) electrons. The Morgan fingerprint density at radius 2 is 2.12 bits per heavy atom. The lowest BCUT2D eigenvalue weighted by Gasteiger charge is -2.27. The molecule has 130 valence electrons. The molecule has 2 heterocycles. The van der Waals surface area contributed by atoms with E-state index in [-0.39, 0.29) is 35.4 Å². The number of benzene rings is 1. The second-order valence-electron chi connectivity index (χ2n) is 6.43. The van der Waals surface area contributed by atoms with Crippen LogP contribution in [0.2, 0.25) is 0 Å². The van der Waals surface area contributed by atoms with Gasteiger partial charge in [0.05, 0.1) is 19.2 Å². The van der Waals surface area contributed by atoms with Crippen molar-refractivity contribution in [3.8, 4) is 5.75 Å². The molecule has 0 amide bonds. The molecule has 0 spiro atoms. The highest BCUT2D eigenvalue weighted by Crippen LogP contribution is 2.31. The zero-order valence-corrected chi connectivity index (χ0v) is 17.1. The highest BCUT2D eigenvalue weighted by Gasteiger charge is 2.23. The molecule has 24 heavy (non-hydrogen) atoms. The fourth-order valence-electron chi connectivity index (χ4n) is 2.74. The third-order valence-corrected chi connectivity index (χ3v) is 5.35. The predicted molar refractivity (Wildman–Crippen MR) is 112 cm³/mol. The summed E-state index contributed by atoms with van der Waals surface area (Å²) >= 11 is 1.76. The van der Waals surface area contributed by atoms with Crippen LogP contribution in [0.5, 0.6) is 5.75 Å². The quantitative estimate of drug-likeness (QED) is 0.414. The van der Waals surface area contributed by atoms with Gasteiger partial charge in [0.2, 0.25) is 0 Å². The fraction of sp³-hybridized carbons (Fsp3) is 0.389. The number of hydrogen-bond acceptors (Lipinski definition) is 3. The number of nitrogens with zero attached hydrogens (tertiary/aromatic N) is 1. The maximum absolute atomic E-state index is 6.12. The van der Waals surface area contributed by atoms with Gasteiger partial charge in [-0.2, -0.15) is 0 Å². The van der Waals surface area contributed by atoms with Crippen molar-refractivity contribution in [1.82, 2.24) is 5.32 Å². The van der Waals surface area contributed by atoms with Crippen molar-refractivity contribution < 1.29 is 4.74 Å². The maximum atomic E-state index is 6.12. The Labute approximate surface area is 164 Å². The van der Waals surface area contributed by atoms with Gasteiger partial charge in [-0.15, -0.1) is 35.3 Å². The van der Waals surface area contributed by atoms with Crippen molar-refractivity contribution in [3.63, 3.8) is 0 Å². The van der Waals surface area contributed by atoms with Crippen LogP contribution in [-0.4, -0.2) is 19.1 Å². The first-order valence-corrected chi connectivity index (χ1v) is 8.76. The first kappa shape index (κ1) is 19.1. The number of rotatable bonds is 4. The Bertz CT molecular complexity index is 685. The van der Waals surface area contributed by atoms with Crippen LogP contribution in [0, 0.1) is 0 Å². The number of guanidine groups is 1. The van der Waals surface area contributed by atoms with Crippen molar-refractivity contribution in [2.45, 2.75) is 31.7 Å². The topological polar surface area (TPSA) is 59.6 Å². The molecule has 1 atom stereocenters. The highest BCUT2D eigenvalue weighted by atomic mass is 127. The monoisotopic (exact) mass is 457 g/mol. The second kappa shape index (κ2) is 8.20. The molecule has 0 bridgehead atoms. The summed E-state index contributed by atoms with van der Waals surface area (Å²) in [6.45, 7) is 5.75. The van der Waals surface area contributed by atoms with Crippen LogP contribution in [0.3, 0.4) is 0 Å². The van der Waals surface area contributed by atoms with E-state index in [0.717, 1.165) is 17.7 Å². The van der Waals surface area contributed by atoms with Gasteiger partial charge in [-0.3, -0.25) is 4.99 Å². The maximum Gasteiger partial charge on any atom is 0.189 e. The lowest BCUT2D eigenvalue weighted by Crippen LogP contribution is -2.38. The third kappa shape index (κ3) is 4.42. The first-order chi connectivity index (χ1) is 11.1. The van der Waals surface area contributed by atoms with E-state index in [4.69, 9.17) is 10.5 Å². The number of hydrogen-bond donors (Lipinski definition) is 2. The van der Waals surface area contributed by atoms with Gasteiger partial charge in [-0.25, -0.2) is 0 Å². The number of halogens is 1. The number of thiophene rings is 1. The van der Waals surface area contributed by atoms with E-state index >= 15 is 0 Å². The van der Waals surface area contributed by atoms with Gasteiger partial charge >= 0.3 is 0 Å². The van der Waals surface area contributed by atoms with Gasteiger partial charge in [0.1, 0.15) is 5.75 Å². The van der Waals surface area contributed by atoms with E-state index in [0.29, 0.717) is 19.1 Å². The fourth-order valence-corrected chi connectivity index (χ4v) is 3.59. The number of aliphatic imine (C=N–C) groups is 1. The van der Waals surface area contributed by atoms with Crippen LogP contribution in [0.15, 0.2) is 46.8 Å². The number of ether oxygens (including phenoxy) is 1. The molecule has 1 aliphatic heterocycles. The Balaban J connectivity index is 0.00000208. The second-order valence-corrected chi connectivity index (χ2v) is 7.38. The summed E-state index contributed by atoms with van der Waals surface area (Å²) in [6.07, 6.45) is 0.890. The van der Waals surface area contributed by atoms with Gasteiger partial charge in [0.25, 0.3) is 0 Å². The minimum Gasteiger partial charge on any atom is -0.493 e. The van der Waals surface area contributed by atoms with Gasteiger partial charge in [0.15, 0.2) is 5.96 Å². The molecule has 1 aromatic heterocycles. The van der Waals surface area contributed by atoms with Crippen LogP contribution in [-0.2, 0) is 5.41 Å². The van der Waals surface area contributed by atoms with E-state index in [1.165, 1.54) is 4.88 Å². The minimum atomic E-state index is -0.00590. The average molecular weight is 457 g/mol. The van der Waals surface area contributed by atoms with Crippen molar-refractivity contribution in [1.29, 1.82) is 0 Å². The van der Waals surface area contributed by atoms with Crippen molar-refractivity contribution in [2.75, 3.05) is 13.2 Å². The molecule has 3 N–H and O–H groups in total. The molecule has 0 fully saturated rings. The molecule has 2 aromatic rings. The third-order valence-electron chi connectivity index (χ3n) is 4.11. The van der Waals surface area contributed by atoms with Crippen LogP contribution in [0.1, 0.15) is 36.8 Å². The van der Waals surface area contributed by atoms with Crippen molar-refractivity contribution >= 4 is 41.3 Å². The normalized spacial score (nSPS) is 17.4.